The van der Waals surface area contributed by atoms with E-state index in [1.54, 1.807) is 0 Å². The van der Waals surface area contributed by atoms with Crippen molar-refractivity contribution in [2.45, 2.75) is 32.6 Å². The predicted octanol–water partition coefficient (Wildman–Crippen LogP) is 2.52. The summed E-state index contributed by atoms with van der Waals surface area (Å²) in [4.78, 5) is 11.3. The molecule has 0 heterocycles. The molecular formula is C13H19NO. The van der Waals surface area contributed by atoms with Crippen LogP contribution in [0.4, 0.5) is 0 Å². The number of rotatable bonds is 4. The van der Waals surface area contributed by atoms with Crippen LogP contribution < -0.4 is 5.73 Å². The fourth-order valence-corrected chi connectivity index (χ4v) is 1.43. The molecule has 0 amide bonds. The van der Waals surface area contributed by atoms with Crippen molar-refractivity contribution >= 4 is 5.78 Å². The van der Waals surface area contributed by atoms with Crippen molar-refractivity contribution in [1.29, 1.82) is 0 Å². The molecular weight excluding hydrogens is 186 g/mol. The first kappa shape index (κ1) is 11.9. The van der Waals surface area contributed by atoms with Crippen LogP contribution >= 0.6 is 0 Å². The van der Waals surface area contributed by atoms with Crippen LogP contribution in [0.2, 0.25) is 0 Å². The van der Waals surface area contributed by atoms with E-state index < -0.39 is 0 Å². The Morgan fingerprint density at radius 1 is 1.27 bits per heavy atom. The van der Waals surface area contributed by atoms with E-state index in [2.05, 4.69) is 20.8 Å². The number of carbonyl (C=O) groups excluding carboxylic acids is 1. The van der Waals surface area contributed by atoms with E-state index in [-0.39, 0.29) is 17.7 Å². The van der Waals surface area contributed by atoms with E-state index in [0.29, 0.717) is 5.56 Å². The molecule has 0 aliphatic rings. The summed E-state index contributed by atoms with van der Waals surface area (Å²) in [5.41, 5.74) is 7.44. The molecule has 1 aromatic carbocycles. The Labute approximate surface area is 91.5 Å². The number of nitrogens with two attached hydrogens (primary N) is 1. The van der Waals surface area contributed by atoms with Crippen molar-refractivity contribution in [3.63, 3.8) is 0 Å². The molecule has 2 N–H and O–H groups in total. The molecule has 0 aliphatic carbocycles. The second-order valence-electron chi connectivity index (χ2n) is 4.44. The lowest BCUT2D eigenvalue weighted by atomic mass is 9.82. The molecule has 0 saturated heterocycles. The van der Waals surface area contributed by atoms with E-state index in [1.165, 1.54) is 5.56 Å². The van der Waals surface area contributed by atoms with Gasteiger partial charge in [0.05, 0.1) is 6.54 Å². The van der Waals surface area contributed by atoms with E-state index in [9.17, 15) is 4.79 Å². The molecule has 0 fully saturated rings. The second-order valence-corrected chi connectivity index (χ2v) is 4.44. The minimum absolute atomic E-state index is 0.00384. The molecule has 1 rings (SSSR count). The van der Waals surface area contributed by atoms with Gasteiger partial charge in [0.15, 0.2) is 5.78 Å². The Balaban J connectivity index is 2.95. The molecule has 0 saturated carbocycles. The topological polar surface area (TPSA) is 43.1 Å². The Morgan fingerprint density at radius 3 is 2.20 bits per heavy atom. The number of hydrogen-bond acceptors (Lipinski definition) is 2. The summed E-state index contributed by atoms with van der Waals surface area (Å²) in [6, 6.07) is 7.77. The van der Waals surface area contributed by atoms with Gasteiger partial charge in [-0.05, 0) is 17.4 Å². The van der Waals surface area contributed by atoms with Crippen molar-refractivity contribution in [3.05, 3.63) is 35.4 Å². The summed E-state index contributed by atoms with van der Waals surface area (Å²) < 4.78 is 0. The zero-order valence-electron chi connectivity index (χ0n) is 9.71. The smallest absolute Gasteiger partial charge is 0.176 e. The minimum atomic E-state index is -0.00384. The Kier molecular flexibility index (Phi) is 3.64. The van der Waals surface area contributed by atoms with Crippen LogP contribution in [0, 0.1) is 0 Å². The Hall–Kier alpha value is -1.15. The maximum atomic E-state index is 11.3. The third-order valence-corrected chi connectivity index (χ3v) is 3.06. The Morgan fingerprint density at radius 2 is 1.80 bits per heavy atom. The fourth-order valence-electron chi connectivity index (χ4n) is 1.43. The van der Waals surface area contributed by atoms with Crippen LogP contribution in [-0.4, -0.2) is 12.3 Å². The lowest BCUT2D eigenvalue weighted by Crippen LogP contribution is -2.17. The largest absolute Gasteiger partial charge is 0.324 e. The Bertz CT molecular complexity index is 338. The number of carbonyl (C=O) groups is 1. The summed E-state index contributed by atoms with van der Waals surface area (Å²) in [5, 5.41) is 0. The summed E-state index contributed by atoms with van der Waals surface area (Å²) in [5.74, 6) is -0.00384. The molecule has 0 radical (unpaired) electrons. The molecule has 15 heavy (non-hydrogen) atoms. The minimum Gasteiger partial charge on any atom is -0.324 e. The predicted molar refractivity (Wildman–Crippen MR) is 63.1 cm³/mol. The van der Waals surface area contributed by atoms with Gasteiger partial charge in [-0.15, -0.1) is 0 Å². The molecule has 0 bridgehead atoms. The van der Waals surface area contributed by atoms with Crippen molar-refractivity contribution in [1.82, 2.24) is 0 Å². The summed E-state index contributed by atoms with van der Waals surface area (Å²) in [7, 11) is 0. The second kappa shape index (κ2) is 4.58. The van der Waals surface area contributed by atoms with Gasteiger partial charge in [0.1, 0.15) is 0 Å². The number of Topliss-reactive ketones (excluding diaryl/α,β-unsaturated/α-hetero) is 1. The van der Waals surface area contributed by atoms with Gasteiger partial charge in [-0.2, -0.15) is 0 Å². The molecule has 82 valence electrons. The van der Waals surface area contributed by atoms with Crippen LogP contribution in [0.1, 0.15) is 43.1 Å². The third-order valence-electron chi connectivity index (χ3n) is 3.06. The summed E-state index contributed by atoms with van der Waals surface area (Å²) in [6.45, 7) is 6.65. The molecule has 2 heteroatoms. The van der Waals surface area contributed by atoms with Gasteiger partial charge in [-0.25, -0.2) is 0 Å². The molecule has 0 aliphatic heterocycles. The maximum Gasteiger partial charge on any atom is 0.176 e. The van der Waals surface area contributed by atoms with E-state index in [4.69, 9.17) is 5.73 Å². The molecule has 0 atom stereocenters. The lowest BCUT2D eigenvalue weighted by molar-refractivity contribution is 0.100. The van der Waals surface area contributed by atoms with Gasteiger partial charge >= 0.3 is 0 Å². The van der Waals surface area contributed by atoms with Gasteiger partial charge in [0.2, 0.25) is 0 Å². The van der Waals surface area contributed by atoms with E-state index in [0.717, 1.165) is 6.42 Å². The highest BCUT2D eigenvalue weighted by atomic mass is 16.1. The van der Waals surface area contributed by atoms with Crippen molar-refractivity contribution in [2.75, 3.05) is 6.54 Å². The first-order valence-electron chi connectivity index (χ1n) is 5.35. The van der Waals surface area contributed by atoms with Gasteiger partial charge in [0, 0.05) is 5.56 Å². The first-order chi connectivity index (χ1) is 7.01. The highest BCUT2D eigenvalue weighted by molar-refractivity contribution is 5.97. The van der Waals surface area contributed by atoms with Gasteiger partial charge in [0.25, 0.3) is 0 Å². The number of ketones is 1. The van der Waals surface area contributed by atoms with Crippen LogP contribution in [0.3, 0.4) is 0 Å². The third kappa shape index (κ3) is 2.66. The average molecular weight is 205 g/mol. The molecule has 1 aromatic rings. The van der Waals surface area contributed by atoms with Gasteiger partial charge < -0.3 is 5.73 Å². The van der Waals surface area contributed by atoms with Gasteiger partial charge in [-0.3, -0.25) is 4.79 Å². The van der Waals surface area contributed by atoms with Crippen LogP contribution in [0.25, 0.3) is 0 Å². The van der Waals surface area contributed by atoms with E-state index >= 15 is 0 Å². The highest BCUT2D eigenvalue weighted by Gasteiger charge is 2.17. The zero-order chi connectivity index (χ0) is 11.5. The number of benzene rings is 1. The maximum absolute atomic E-state index is 11.3. The standard InChI is InChI=1S/C13H19NO/c1-4-13(2,3)11-7-5-10(6-8-11)12(15)9-14/h5-8H,4,9,14H2,1-3H3. The molecule has 2 nitrogen and oxygen atoms in total. The number of hydrogen-bond donors (Lipinski definition) is 1. The fraction of sp³-hybridized carbons (Fsp3) is 0.462. The average Bonchev–Trinajstić information content (AvgIpc) is 2.28. The van der Waals surface area contributed by atoms with Gasteiger partial charge in [-0.1, -0.05) is 45.0 Å². The van der Waals surface area contributed by atoms with Crippen molar-refractivity contribution in [2.24, 2.45) is 5.73 Å². The monoisotopic (exact) mass is 205 g/mol. The van der Waals surface area contributed by atoms with Crippen LogP contribution in [0.15, 0.2) is 24.3 Å². The van der Waals surface area contributed by atoms with E-state index in [1.807, 2.05) is 24.3 Å². The van der Waals surface area contributed by atoms with Crippen LogP contribution in [-0.2, 0) is 5.41 Å². The molecule has 0 aromatic heterocycles. The van der Waals surface area contributed by atoms with Crippen molar-refractivity contribution < 1.29 is 4.79 Å². The highest BCUT2D eigenvalue weighted by Crippen LogP contribution is 2.26. The SMILES string of the molecule is CCC(C)(C)c1ccc(C(=O)CN)cc1. The molecule has 0 spiro atoms. The molecule has 0 unspecified atom stereocenters. The first-order valence-corrected chi connectivity index (χ1v) is 5.35. The normalized spacial score (nSPS) is 11.5. The quantitative estimate of drug-likeness (QED) is 0.767. The van der Waals surface area contributed by atoms with Crippen LogP contribution in [0.5, 0.6) is 0 Å². The lowest BCUT2D eigenvalue weighted by Gasteiger charge is -2.23. The summed E-state index contributed by atoms with van der Waals surface area (Å²) in [6.07, 6.45) is 1.08. The van der Waals surface area contributed by atoms with Crippen molar-refractivity contribution in [3.8, 4) is 0 Å². The zero-order valence-corrected chi connectivity index (χ0v) is 9.71. The summed E-state index contributed by atoms with van der Waals surface area (Å²) >= 11 is 0.